The van der Waals surface area contributed by atoms with Crippen LogP contribution in [0.15, 0.2) is 36.4 Å². The van der Waals surface area contributed by atoms with Gasteiger partial charge in [0.15, 0.2) is 0 Å². The monoisotopic (exact) mass is 351 g/mol. The Morgan fingerprint density at radius 3 is 2.15 bits per heavy atom. The number of hydrogen-bond donors (Lipinski definition) is 0. The molecular weight excluding hydrogens is 325 g/mol. The molecule has 0 radical (unpaired) electrons. The quantitative estimate of drug-likeness (QED) is 0.779. The van der Waals surface area contributed by atoms with Crippen LogP contribution in [0.1, 0.15) is 50.9 Å². The molecule has 0 atom stereocenters. The second-order valence-electron chi connectivity index (χ2n) is 8.34. The molecule has 0 spiro atoms. The van der Waals surface area contributed by atoms with Gasteiger partial charge >= 0.3 is 7.12 Å². The minimum Gasteiger partial charge on any atom is -0.399 e. The van der Waals surface area contributed by atoms with Crippen molar-refractivity contribution in [2.45, 2.75) is 51.7 Å². The fourth-order valence-corrected chi connectivity index (χ4v) is 3.79. The van der Waals surface area contributed by atoms with Crippen molar-refractivity contribution in [2.75, 3.05) is 13.1 Å². The lowest BCUT2D eigenvalue weighted by Crippen LogP contribution is -2.41. The van der Waals surface area contributed by atoms with E-state index in [1.54, 1.807) is 0 Å². The average Bonchev–Trinajstić information content (AvgIpc) is 3.20. The van der Waals surface area contributed by atoms with E-state index in [0.29, 0.717) is 0 Å². The summed E-state index contributed by atoms with van der Waals surface area (Å²) in [6.45, 7) is 9.93. The Morgan fingerprint density at radius 2 is 1.50 bits per heavy atom. The van der Waals surface area contributed by atoms with Crippen molar-refractivity contribution in [3.63, 3.8) is 0 Å². The van der Waals surface area contributed by atoms with Crippen molar-refractivity contribution in [1.82, 2.24) is 4.90 Å². The number of amides is 1. The topological polar surface area (TPSA) is 38.8 Å². The summed E-state index contributed by atoms with van der Waals surface area (Å²) >= 11 is 0. The molecule has 1 amide bonds. The highest BCUT2D eigenvalue weighted by Gasteiger charge is 2.52. The van der Waals surface area contributed by atoms with Gasteiger partial charge in [0, 0.05) is 18.7 Å². The third-order valence-electron chi connectivity index (χ3n) is 6.09. The minimum absolute atomic E-state index is 0.124. The summed E-state index contributed by atoms with van der Waals surface area (Å²) in [7, 11) is -0.430. The van der Waals surface area contributed by atoms with Crippen LogP contribution in [-0.2, 0) is 9.31 Å². The first-order valence-corrected chi connectivity index (χ1v) is 9.47. The van der Waals surface area contributed by atoms with Crippen LogP contribution in [0.5, 0.6) is 0 Å². The molecule has 2 heterocycles. The smallest absolute Gasteiger partial charge is 0.399 e. The van der Waals surface area contributed by atoms with E-state index in [2.05, 4.69) is 33.8 Å². The summed E-state index contributed by atoms with van der Waals surface area (Å²) in [5, 5.41) is 1.99. The van der Waals surface area contributed by atoms with Crippen LogP contribution in [0.4, 0.5) is 0 Å². The van der Waals surface area contributed by atoms with Crippen LogP contribution in [0.3, 0.4) is 0 Å². The number of fused-ring (bicyclic) bond motifs is 1. The van der Waals surface area contributed by atoms with Gasteiger partial charge in [-0.25, -0.2) is 0 Å². The molecule has 2 saturated heterocycles. The van der Waals surface area contributed by atoms with Gasteiger partial charge in [-0.15, -0.1) is 0 Å². The molecular formula is C21H26BNO3. The van der Waals surface area contributed by atoms with Gasteiger partial charge < -0.3 is 14.2 Å². The molecule has 0 unspecified atom stereocenters. The van der Waals surface area contributed by atoms with E-state index in [4.69, 9.17) is 9.31 Å². The molecule has 4 rings (SSSR count). The number of likely N-dealkylation sites (tertiary alicyclic amines) is 1. The first-order chi connectivity index (χ1) is 12.3. The average molecular weight is 351 g/mol. The number of hydrogen-bond acceptors (Lipinski definition) is 3. The summed E-state index contributed by atoms with van der Waals surface area (Å²) in [6.07, 6.45) is 2.19. The third kappa shape index (κ3) is 2.74. The predicted molar refractivity (Wildman–Crippen MR) is 105 cm³/mol. The fourth-order valence-electron chi connectivity index (χ4n) is 3.79. The van der Waals surface area contributed by atoms with Crippen molar-refractivity contribution in [1.29, 1.82) is 0 Å². The zero-order valence-electron chi connectivity index (χ0n) is 16.0. The van der Waals surface area contributed by atoms with Crippen molar-refractivity contribution < 1.29 is 14.1 Å². The lowest BCUT2D eigenvalue weighted by Gasteiger charge is -2.32. The van der Waals surface area contributed by atoms with E-state index in [9.17, 15) is 4.79 Å². The third-order valence-corrected chi connectivity index (χ3v) is 6.09. The molecule has 5 heteroatoms. The molecule has 2 aliphatic rings. The van der Waals surface area contributed by atoms with Gasteiger partial charge in [-0.3, -0.25) is 4.79 Å². The Kier molecular flexibility index (Phi) is 4.12. The van der Waals surface area contributed by atoms with E-state index in [1.165, 1.54) is 0 Å². The zero-order chi connectivity index (χ0) is 18.5. The van der Waals surface area contributed by atoms with E-state index in [-0.39, 0.29) is 17.1 Å². The van der Waals surface area contributed by atoms with Crippen molar-refractivity contribution >= 4 is 29.3 Å². The Balaban J connectivity index is 1.77. The van der Waals surface area contributed by atoms with Crippen molar-refractivity contribution in [3.05, 3.63) is 42.0 Å². The summed E-state index contributed by atoms with van der Waals surface area (Å²) < 4.78 is 12.5. The molecule has 0 aromatic heterocycles. The van der Waals surface area contributed by atoms with Gasteiger partial charge in [0.1, 0.15) is 0 Å². The van der Waals surface area contributed by atoms with Crippen molar-refractivity contribution in [2.24, 2.45) is 0 Å². The second-order valence-corrected chi connectivity index (χ2v) is 8.34. The lowest BCUT2D eigenvalue weighted by molar-refractivity contribution is 0.00578. The first kappa shape index (κ1) is 17.6. The van der Waals surface area contributed by atoms with Gasteiger partial charge in [-0.1, -0.05) is 30.3 Å². The predicted octanol–water partition coefficient (Wildman–Crippen LogP) is 3.38. The number of rotatable bonds is 2. The standard InChI is InChI=1S/C21H26BNO3/c1-20(2)21(3,4)26-22(25-20)18-12-8-9-15-16(18)10-7-11-17(15)19(24)23-13-5-6-14-23/h7-12H,5-6,13-14H2,1-4H3. The molecule has 2 aromatic carbocycles. The zero-order valence-corrected chi connectivity index (χ0v) is 16.0. The van der Waals surface area contributed by atoms with Gasteiger partial charge in [0.25, 0.3) is 5.91 Å². The van der Waals surface area contributed by atoms with E-state index in [0.717, 1.165) is 47.7 Å². The van der Waals surface area contributed by atoms with Crippen molar-refractivity contribution in [3.8, 4) is 0 Å². The number of benzene rings is 2. The molecule has 0 bridgehead atoms. The van der Waals surface area contributed by atoms with E-state index >= 15 is 0 Å². The van der Waals surface area contributed by atoms with Crippen LogP contribution in [-0.4, -0.2) is 42.2 Å². The normalized spacial score (nSPS) is 21.5. The highest BCUT2D eigenvalue weighted by atomic mass is 16.7. The first-order valence-electron chi connectivity index (χ1n) is 9.47. The van der Waals surface area contributed by atoms with Crippen LogP contribution in [0.2, 0.25) is 0 Å². The lowest BCUT2D eigenvalue weighted by atomic mass is 9.75. The largest absolute Gasteiger partial charge is 0.495 e. The molecule has 2 aliphatic heterocycles. The Labute approximate surface area is 155 Å². The summed E-state index contributed by atoms with van der Waals surface area (Å²) in [4.78, 5) is 14.9. The van der Waals surface area contributed by atoms with Gasteiger partial charge in [-0.05, 0) is 62.8 Å². The molecule has 136 valence electrons. The highest BCUT2D eigenvalue weighted by molar-refractivity contribution is 6.65. The fraction of sp³-hybridized carbons (Fsp3) is 0.476. The Morgan fingerprint density at radius 1 is 0.923 bits per heavy atom. The second kappa shape index (κ2) is 6.10. The Bertz CT molecular complexity index is 839. The van der Waals surface area contributed by atoms with Crippen LogP contribution in [0, 0.1) is 0 Å². The van der Waals surface area contributed by atoms with Gasteiger partial charge in [0.2, 0.25) is 0 Å². The van der Waals surface area contributed by atoms with Gasteiger partial charge in [0.05, 0.1) is 11.2 Å². The summed E-state index contributed by atoms with van der Waals surface area (Å²) in [5.41, 5.74) is 0.978. The minimum atomic E-state index is -0.430. The SMILES string of the molecule is CC1(C)OB(c2cccc3c(C(=O)N4CCCC4)cccc23)OC1(C)C. The van der Waals surface area contributed by atoms with Crippen LogP contribution >= 0.6 is 0 Å². The van der Waals surface area contributed by atoms with E-state index in [1.807, 2.05) is 35.2 Å². The number of carbonyl (C=O) groups excluding carboxylic acids is 1. The molecule has 2 fully saturated rings. The molecule has 0 saturated carbocycles. The molecule has 4 nitrogen and oxygen atoms in total. The van der Waals surface area contributed by atoms with Crippen LogP contribution < -0.4 is 5.46 Å². The van der Waals surface area contributed by atoms with E-state index < -0.39 is 7.12 Å². The maximum absolute atomic E-state index is 13.0. The summed E-state index contributed by atoms with van der Waals surface area (Å²) in [5.74, 6) is 0.124. The molecule has 26 heavy (non-hydrogen) atoms. The number of carbonyl (C=O) groups is 1. The Hall–Kier alpha value is -1.85. The molecule has 0 N–H and O–H groups in total. The maximum atomic E-state index is 13.0. The van der Waals surface area contributed by atoms with Gasteiger partial charge in [-0.2, -0.15) is 0 Å². The molecule has 2 aromatic rings. The maximum Gasteiger partial charge on any atom is 0.495 e. The van der Waals surface area contributed by atoms with Crippen LogP contribution in [0.25, 0.3) is 10.8 Å². The summed E-state index contributed by atoms with van der Waals surface area (Å²) in [6, 6.07) is 12.0. The highest BCUT2D eigenvalue weighted by Crippen LogP contribution is 2.37. The molecule has 0 aliphatic carbocycles. The number of nitrogens with zero attached hydrogens (tertiary/aromatic N) is 1.